The van der Waals surface area contributed by atoms with E-state index < -0.39 is 4.92 Å². The number of aryl methyl sites for hydroxylation is 1. The van der Waals surface area contributed by atoms with Gasteiger partial charge in [-0.2, -0.15) is 0 Å². The Balaban J connectivity index is 1.48. The van der Waals surface area contributed by atoms with Crippen molar-refractivity contribution in [1.29, 1.82) is 0 Å². The molecule has 0 radical (unpaired) electrons. The van der Waals surface area contributed by atoms with Crippen molar-refractivity contribution in [2.45, 2.75) is 32.2 Å². The highest BCUT2D eigenvalue weighted by Gasteiger charge is 2.25. The Hall–Kier alpha value is -3.50. The van der Waals surface area contributed by atoms with Crippen LogP contribution in [0.4, 0.5) is 16.4 Å². The number of thiophene rings is 1. The fourth-order valence-corrected chi connectivity index (χ4v) is 5.76. The van der Waals surface area contributed by atoms with Crippen LogP contribution in [0.15, 0.2) is 46.0 Å². The van der Waals surface area contributed by atoms with Crippen LogP contribution in [0.1, 0.15) is 45.0 Å². The van der Waals surface area contributed by atoms with Gasteiger partial charge in [-0.15, -0.1) is 11.3 Å². The van der Waals surface area contributed by atoms with Crippen molar-refractivity contribution in [3.05, 3.63) is 74.0 Å². The van der Waals surface area contributed by atoms with Gasteiger partial charge in [-0.1, -0.05) is 0 Å². The largest absolute Gasteiger partial charge is 0.467 e. The molecule has 1 aliphatic carbocycles. The molecule has 1 fully saturated rings. The third-order valence-electron chi connectivity index (χ3n) is 6.28. The molecule has 1 saturated heterocycles. The molecule has 2 aromatic heterocycles. The molecule has 10 heteroatoms. The van der Waals surface area contributed by atoms with Gasteiger partial charge in [-0.3, -0.25) is 14.9 Å². The zero-order chi connectivity index (χ0) is 24.2. The number of nitrogens with one attached hydrogen (secondary N) is 1. The van der Waals surface area contributed by atoms with Crippen molar-refractivity contribution in [3.8, 4) is 0 Å². The number of ether oxygens (including phenoxy) is 1. The second-order valence-corrected chi connectivity index (χ2v) is 9.59. The summed E-state index contributed by atoms with van der Waals surface area (Å²) in [6.45, 7) is 2.90. The Bertz CT molecular complexity index is 1250. The lowest BCUT2D eigenvalue weighted by atomic mass is 9.95. The van der Waals surface area contributed by atoms with Crippen LogP contribution >= 0.6 is 11.3 Å². The van der Waals surface area contributed by atoms with E-state index in [0.717, 1.165) is 36.9 Å². The fourth-order valence-electron chi connectivity index (χ4n) is 4.52. The van der Waals surface area contributed by atoms with E-state index in [-0.39, 0.29) is 11.6 Å². The molecule has 0 saturated carbocycles. The first-order chi connectivity index (χ1) is 17.1. The van der Waals surface area contributed by atoms with Crippen molar-refractivity contribution in [1.82, 2.24) is 5.32 Å². The summed E-state index contributed by atoms with van der Waals surface area (Å²) in [5.41, 5.74) is 3.19. The minimum atomic E-state index is -0.405. The number of anilines is 1. The Labute approximate surface area is 206 Å². The van der Waals surface area contributed by atoms with Gasteiger partial charge in [0.1, 0.15) is 10.8 Å². The number of nitrogens with zero attached hydrogens (tertiary/aromatic N) is 3. The first kappa shape index (κ1) is 23.3. The van der Waals surface area contributed by atoms with Crippen LogP contribution in [0.2, 0.25) is 0 Å². The quantitative estimate of drug-likeness (QED) is 0.291. The van der Waals surface area contributed by atoms with Crippen molar-refractivity contribution >= 4 is 39.8 Å². The van der Waals surface area contributed by atoms with Crippen LogP contribution in [0, 0.1) is 10.1 Å². The second-order valence-electron chi connectivity index (χ2n) is 8.51. The molecule has 35 heavy (non-hydrogen) atoms. The Morgan fingerprint density at radius 1 is 1.23 bits per heavy atom. The molecule has 0 atom stereocenters. The van der Waals surface area contributed by atoms with Gasteiger partial charge >= 0.3 is 0 Å². The monoisotopic (exact) mass is 494 g/mol. The number of hydrogen-bond acceptors (Lipinski definition) is 8. The minimum absolute atomic E-state index is 0.00495. The molecule has 182 valence electrons. The van der Waals surface area contributed by atoms with Gasteiger partial charge in [0.2, 0.25) is 0 Å². The topological polar surface area (TPSA) is 110 Å². The summed E-state index contributed by atoms with van der Waals surface area (Å²) in [4.78, 5) is 32.3. The van der Waals surface area contributed by atoms with E-state index in [2.05, 4.69) is 10.2 Å². The van der Waals surface area contributed by atoms with E-state index in [0.29, 0.717) is 54.7 Å². The number of carbonyl (C=O) groups is 1. The average Bonchev–Trinajstić information content (AvgIpc) is 3.54. The van der Waals surface area contributed by atoms with Crippen LogP contribution in [0.25, 0.3) is 0 Å². The van der Waals surface area contributed by atoms with Crippen LogP contribution < -0.4 is 10.2 Å². The first-order valence-corrected chi connectivity index (χ1v) is 12.5. The fraction of sp³-hybridized carbons (Fsp3) is 0.360. The predicted octanol–water partition coefficient (Wildman–Crippen LogP) is 4.65. The maximum absolute atomic E-state index is 13.2. The second kappa shape index (κ2) is 10.4. The molecule has 0 spiro atoms. The van der Waals surface area contributed by atoms with Gasteiger partial charge in [0.05, 0.1) is 36.5 Å². The van der Waals surface area contributed by atoms with Crippen molar-refractivity contribution < 1.29 is 18.9 Å². The number of hydrogen-bond donors (Lipinski definition) is 1. The summed E-state index contributed by atoms with van der Waals surface area (Å²) < 4.78 is 10.8. The number of rotatable bonds is 7. The molecule has 3 heterocycles. The summed E-state index contributed by atoms with van der Waals surface area (Å²) in [7, 11) is 0. The van der Waals surface area contributed by atoms with E-state index in [9.17, 15) is 14.9 Å². The standard InChI is InChI=1S/C25H26N4O5S/c30-24(26-16-19-4-3-11-34-19)23-20-5-1-2-6-22(20)35-25(23)27-15-17-14-18(29(31)32)7-8-21(17)28-9-12-33-13-10-28/h3-4,7-8,11,14-15H,1-2,5-6,9-10,12-13,16H2,(H,26,30). The molecular formula is C25H26N4O5S. The Morgan fingerprint density at radius 2 is 2.06 bits per heavy atom. The maximum Gasteiger partial charge on any atom is 0.270 e. The third-order valence-corrected chi connectivity index (χ3v) is 7.48. The molecule has 1 amide bonds. The molecule has 1 aromatic carbocycles. The van der Waals surface area contributed by atoms with Crippen LogP contribution in [0.5, 0.6) is 0 Å². The lowest BCUT2D eigenvalue weighted by Crippen LogP contribution is -2.36. The van der Waals surface area contributed by atoms with Gasteiger partial charge < -0.3 is 19.4 Å². The number of amides is 1. The Morgan fingerprint density at radius 3 is 2.83 bits per heavy atom. The van der Waals surface area contributed by atoms with E-state index >= 15 is 0 Å². The number of nitro groups is 1. The van der Waals surface area contributed by atoms with E-state index in [1.807, 2.05) is 6.07 Å². The molecule has 1 aliphatic heterocycles. The number of carbonyl (C=O) groups excluding carboxylic acids is 1. The average molecular weight is 495 g/mol. The van der Waals surface area contributed by atoms with E-state index in [4.69, 9.17) is 14.1 Å². The molecule has 1 N–H and O–H groups in total. The normalized spacial score (nSPS) is 15.8. The molecule has 5 rings (SSSR count). The molecule has 0 bridgehead atoms. The summed E-state index contributed by atoms with van der Waals surface area (Å²) >= 11 is 1.54. The number of non-ortho nitro benzene ring substituents is 1. The Kier molecular flexibility index (Phi) is 6.91. The van der Waals surface area contributed by atoms with E-state index in [1.165, 1.54) is 22.3 Å². The number of nitro benzene ring substituents is 1. The third kappa shape index (κ3) is 5.13. The zero-order valence-electron chi connectivity index (χ0n) is 19.2. The summed E-state index contributed by atoms with van der Waals surface area (Å²) in [5, 5.41) is 15.0. The summed E-state index contributed by atoms with van der Waals surface area (Å²) in [6, 6.07) is 8.42. The highest BCUT2D eigenvalue weighted by molar-refractivity contribution is 7.16. The van der Waals surface area contributed by atoms with E-state index in [1.54, 1.807) is 30.7 Å². The minimum Gasteiger partial charge on any atom is -0.467 e. The zero-order valence-corrected chi connectivity index (χ0v) is 20.0. The van der Waals surface area contributed by atoms with Crippen molar-refractivity contribution in [2.24, 2.45) is 4.99 Å². The predicted molar refractivity (Wildman–Crippen MR) is 134 cm³/mol. The van der Waals surface area contributed by atoms with Crippen LogP contribution in [-0.4, -0.2) is 43.3 Å². The van der Waals surface area contributed by atoms with Gasteiger partial charge in [0.15, 0.2) is 0 Å². The number of benzene rings is 1. The van der Waals surface area contributed by atoms with Crippen LogP contribution in [0.3, 0.4) is 0 Å². The smallest absolute Gasteiger partial charge is 0.270 e. The first-order valence-electron chi connectivity index (χ1n) is 11.7. The van der Waals surface area contributed by atoms with Gasteiger partial charge in [0, 0.05) is 47.6 Å². The molecular weight excluding hydrogens is 468 g/mol. The lowest BCUT2D eigenvalue weighted by molar-refractivity contribution is -0.384. The highest BCUT2D eigenvalue weighted by atomic mass is 32.1. The SMILES string of the molecule is O=C(NCc1ccco1)c1c(N=Cc2cc([N+](=O)[O-])ccc2N2CCOCC2)sc2c1CCCC2. The van der Waals surface area contributed by atoms with Crippen LogP contribution in [-0.2, 0) is 24.1 Å². The maximum atomic E-state index is 13.2. The number of aliphatic imine (C=N–C) groups is 1. The number of furan rings is 1. The number of morpholine rings is 1. The molecule has 3 aromatic rings. The van der Waals surface area contributed by atoms with Crippen molar-refractivity contribution in [3.63, 3.8) is 0 Å². The molecule has 2 aliphatic rings. The highest BCUT2D eigenvalue weighted by Crippen LogP contribution is 2.40. The van der Waals surface area contributed by atoms with Gasteiger partial charge in [-0.05, 0) is 49.4 Å². The molecule has 0 unspecified atom stereocenters. The lowest BCUT2D eigenvalue weighted by Gasteiger charge is -2.29. The summed E-state index contributed by atoms with van der Waals surface area (Å²) in [6.07, 6.45) is 7.14. The molecule has 9 nitrogen and oxygen atoms in total. The van der Waals surface area contributed by atoms with Crippen molar-refractivity contribution in [2.75, 3.05) is 31.2 Å². The van der Waals surface area contributed by atoms with Gasteiger partial charge in [-0.25, -0.2) is 4.99 Å². The summed E-state index contributed by atoms with van der Waals surface area (Å²) in [5.74, 6) is 0.500. The van der Waals surface area contributed by atoms with Gasteiger partial charge in [0.25, 0.3) is 11.6 Å². The number of fused-ring (bicyclic) bond motifs is 1.